The lowest BCUT2D eigenvalue weighted by molar-refractivity contribution is -0.220. The van der Waals surface area contributed by atoms with Crippen LogP contribution in [0.25, 0.3) is 0 Å². The highest BCUT2D eigenvalue weighted by Crippen LogP contribution is 2.47. The molecule has 0 aromatic carbocycles. The van der Waals surface area contributed by atoms with Crippen LogP contribution in [0, 0.1) is 0 Å². The number of rotatable bonds is 36. The SMILES string of the molecule is CCCCC/C=C\C/C=C\C/C=C\C=C\[C@@H](O)CCCC(=O)OC[C@H](COP(=O)(O)OC1[C@H](O)[C@H](O)C(O)[C@H](O)[C@H]1O)OC(=O)CCCCCCC/C=C\C/C=C\CCCCC. The molecule has 0 spiro atoms. The first-order chi connectivity index (χ1) is 29.8. The van der Waals surface area contributed by atoms with Gasteiger partial charge in [0.15, 0.2) is 6.10 Å². The monoisotopic (exact) mass is 899 g/mol. The summed E-state index contributed by atoms with van der Waals surface area (Å²) in [5, 5.41) is 60.4. The van der Waals surface area contributed by atoms with E-state index in [-0.39, 0.29) is 25.7 Å². The van der Waals surface area contributed by atoms with E-state index in [0.717, 1.165) is 64.2 Å². The molecule has 62 heavy (non-hydrogen) atoms. The number of carbonyl (C=O) groups excluding carboxylic acids is 2. The molecule has 0 saturated heterocycles. The van der Waals surface area contributed by atoms with Gasteiger partial charge in [-0.2, -0.15) is 0 Å². The Labute approximate surface area is 370 Å². The van der Waals surface area contributed by atoms with Crippen LogP contribution < -0.4 is 0 Å². The zero-order valence-corrected chi connectivity index (χ0v) is 38.1. The number of aliphatic hydroxyl groups excluding tert-OH is 6. The molecule has 0 radical (unpaired) electrons. The minimum Gasteiger partial charge on any atom is -0.462 e. The zero-order chi connectivity index (χ0) is 45.9. The van der Waals surface area contributed by atoms with Crippen molar-refractivity contribution in [2.24, 2.45) is 0 Å². The lowest BCUT2D eigenvalue weighted by atomic mass is 9.85. The largest absolute Gasteiger partial charge is 0.472 e. The summed E-state index contributed by atoms with van der Waals surface area (Å²) in [7, 11) is -5.17. The normalized spacial score (nSPS) is 23.0. The lowest BCUT2D eigenvalue weighted by Gasteiger charge is -2.41. The Morgan fingerprint density at radius 3 is 1.65 bits per heavy atom. The van der Waals surface area contributed by atoms with Gasteiger partial charge < -0.3 is 45.0 Å². The van der Waals surface area contributed by atoms with Crippen molar-refractivity contribution in [3.63, 3.8) is 0 Å². The first kappa shape index (κ1) is 57.3. The van der Waals surface area contributed by atoms with E-state index in [1.165, 1.54) is 38.5 Å². The van der Waals surface area contributed by atoms with Crippen LogP contribution in [0.2, 0.25) is 0 Å². The number of phosphoric acid groups is 1. The van der Waals surface area contributed by atoms with Gasteiger partial charge in [-0.05, 0) is 77.0 Å². The van der Waals surface area contributed by atoms with Crippen molar-refractivity contribution in [2.75, 3.05) is 13.2 Å². The highest BCUT2D eigenvalue weighted by molar-refractivity contribution is 7.47. The molecule has 0 aromatic heterocycles. The fraction of sp³-hybridized carbons (Fsp3) is 0.702. The fourth-order valence-electron chi connectivity index (χ4n) is 6.36. The second-order valence-corrected chi connectivity index (χ2v) is 17.2. The minimum atomic E-state index is -5.17. The molecular formula is C47H79O14P. The van der Waals surface area contributed by atoms with Crippen molar-refractivity contribution in [1.29, 1.82) is 0 Å². The highest BCUT2D eigenvalue weighted by Gasteiger charge is 2.51. The van der Waals surface area contributed by atoms with Gasteiger partial charge in [0, 0.05) is 12.8 Å². The van der Waals surface area contributed by atoms with Crippen molar-refractivity contribution in [1.82, 2.24) is 0 Å². The van der Waals surface area contributed by atoms with Crippen molar-refractivity contribution < 1.29 is 68.2 Å². The van der Waals surface area contributed by atoms with E-state index < -0.39 is 81.8 Å². The van der Waals surface area contributed by atoms with Crippen LogP contribution in [0.1, 0.15) is 149 Å². The zero-order valence-electron chi connectivity index (χ0n) is 37.2. The van der Waals surface area contributed by atoms with E-state index in [1.54, 1.807) is 12.2 Å². The number of phosphoric ester groups is 1. The summed E-state index contributed by atoms with van der Waals surface area (Å²) >= 11 is 0. The first-order valence-electron chi connectivity index (χ1n) is 22.8. The Kier molecular flexibility index (Phi) is 33.8. The molecule has 1 rings (SSSR count). The Bertz CT molecular complexity index is 1380. The van der Waals surface area contributed by atoms with Crippen molar-refractivity contribution in [3.05, 3.63) is 72.9 Å². The Balaban J connectivity index is 2.58. The molecule has 14 nitrogen and oxygen atoms in total. The lowest BCUT2D eigenvalue weighted by Crippen LogP contribution is -2.64. The highest BCUT2D eigenvalue weighted by atomic mass is 31.2. The molecule has 7 N–H and O–H groups in total. The van der Waals surface area contributed by atoms with Crippen LogP contribution in [0.5, 0.6) is 0 Å². The van der Waals surface area contributed by atoms with Crippen molar-refractivity contribution in [2.45, 2.75) is 198 Å². The molecule has 1 saturated carbocycles. The molecule has 356 valence electrons. The smallest absolute Gasteiger partial charge is 0.462 e. The second kappa shape index (κ2) is 36.6. The predicted molar refractivity (Wildman–Crippen MR) is 241 cm³/mol. The molecule has 0 aliphatic heterocycles. The summed E-state index contributed by atoms with van der Waals surface area (Å²) in [5.41, 5.74) is 0. The van der Waals surface area contributed by atoms with Crippen LogP contribution in [-0.4, -0.2) is 110 Å². The van der Waals surface area contributed by atoms with E-state index in [2.05, 4.69) is 62.5 Å². The first-order valence-corrected chi connectivity index (χ1v) is 24.3. The molecule has 1 aliphatic rings. The van der Waals surface area contributed by atoms with Crippen molar-refractivity contribution in [3.8, 4) is 0 Å². The van der Waals surface area contributed by atoms with Gasteiger partial charge in [0.05, 0.1) is 12.7 Å². The summed E-state index contributed by atoms with van der Waals surface area (Å²) in [6, 6.07) is 0. The van der Waals surface area contributed by atoms with Gasteiger partial charge >= 0.3 is 19.8 Å². The minimum absolute atomic E-state index is 0.0366. The summed E-state index contributed by atoms with van der Waals surface area (Å²) in [6.07, 6.45) is 28.3. The van der Waals surface area contributed by atoms with Crippen LogP contribution in [0.3, 0.4) is 0 Å². The van der Waals surface area contributed by atoms with Gasteiger partial charge in [-0.3, -0.25) is 18.6 Å². The van der Waals surface area contributed by atoms with Gasteiger partial charge in [0.1, 0.15) is 43.2 Å². The molecule has 3 unspecified atom stereocenters. The predicted octanol–water partition coefficient (Wildman–Crippen LogP) is 7.69. The number of aliphatic hydroxyl groups is 6. The standard InChI is InChI=1S/C47H79O14P/c1-3-5-7-9-11-13-15-17-18-20-22-24-26-28-30-34-41(50)60-39(37-59-62(56,57)61-47-45(54)43(52)42(51)44(53)46(47)55)36-58-40(49)35-31-33-38(48)32-29-27-25-23-21-19-16-14-12-10-8-6-4-2/h11-14,17-19,21,25,27,29,32,38-39,42-48,51-55H,3-10,15-16,20,22-24,26,28,30-31,33-37H2,1-2H3,(H,56,57)/b13-11-,14-12-,18-17-,21-19-,27-25-,32-29+/t38-,39-,42?,43-,44+,45-,46-,47?/m1/s1. The Hall–Kier alpha value is -2.75. The van der Waals surface area contributed by atoms with Gasteiger partial charge in [-0.25, -0.2) is 4.57 Å². The second-order valence-electron chi connectivity index (χ2n) is 15.7. The number of carbonyl (C=O) groups is 2. The molecule has 0 amide bonds. The summed E-state index contributed by atoms with van der Waals surface area (Å²) in [6.45, 7) is 3.05. The van der Waals surface area contributed by atoms with Gasteiger partial charge in [0.25, 0.3) is 0 Å². The number of allylic oxidation sites excluding steroid dienone is 11. The van der Waals surface area contributed by atoms with Crippen molar-refractivity contribution >= 4 is 19.8 Å². The van der Waals surface area contributed by atoms with Crippen LogP contribution in [0.15, 0.2) is 72.9 Å². The quantitative estimate of drug-likeness (QED) is 0.0105. The van der Waals surface area contributed by atoms with Gasteiger partial charge in [-0.15, -0.1) is 0 Å². The number of hydrogen-bond donors (Lipinski definition) is 7. The number of ether oxygens (including phenoxy) is 2. The van der Waals surface area contributed by atoms with E-state index in [9.17, 15) is 49.7 Å². The molecule has 1 aliphatic carbocycles. The molecule has 0 bridgehead atoms. The van der Waals surface area contributed by atoms with Crippen LogP contribution >= 0.6 is 7.82 Å². The third-order valence-electron chi connectivity index (χ3n) is 10.1. The molecule has 0 heterocycles. The number of esters is 2. The number of hydrogen-bond acceptors (Lipinski definition) is 13. The van der Waals surface area contributed by atoms with Gasteiger partial charge in [-0.1, -0.05) is 132 Å². The van der Waals surface area contributed by atoms with Crippen LogP contribution in [0.4, 0.5) is 0 Å². The van der Waals surface area contributed by atoms with Gasteiger partial charge in [0.2, 0.25) is 0 Å². The Morgan fingerprint density at radius 1 is 0.581 bits per heavy atom. The maximum atomic E-state index is 12.8. The molecule has 1 fully saturated rings. The topological polar surface area (TPSA) is 230 Å². The average molecular weight is 899 g/mol. The van der Waals surface area contributed by atoms with Crippen LogP contribution in [-0.2, 0) is 32.7 Å². The third-order valence-corrected chi connectivity index (χ3v) is 11.1. The molecule has 9 atom stereocenters. The van der Waals surface area contributed by atoms with E-state index in [4.69, 9.17) is 18.5 Å². The molecule has 15 heteroatoms. The molecule has 0 aromatic rings. The maximum Gasteiger partial charge on any atom is 0.472 e. The fourth-order valence-corrected chi connectivity index (χ4v) is 7.33. The number of unbranched alkanes of at least 4 members (excludes halogenated alkanes) is 11. The van der Waals surface area contributed by atoms with E-state index >= 15 is 0 Å². The van der Waals surface area contributed by atoms with E-state index in [1.807, 2.05) is 12.2 Å². The summed E-state index contributed by atoms with van der Waals surface area (Å²) < 4.78 is 33.3. The average Bonchev–Trinajstić information content (AvgIpc) is 3.25. The summed E-state index contributed by atoms with van der Waals surface area (Å²) in [5.74, 6) is -1.32. The van der Waals surface area contributed by atoms with E-state index in [0.29, 0.717) is 6.42 Å². The maximum absolute atomic E-state index is 12.8. The molecular weight excluding hydrogens is 819 g/mol. The summed E-state index contributed by atoms with van der Waals surface area (Å²) in [4.78, 5) is 35.7. The third kappa shape index (κ3) is 28.8. The Morgan fingerprint density at radius 2 is 1.06 bits per heavy atom.